The molecule has 1 aliphatic heterocycles. The second kappa shape index (κ2) is 4.10. The van der Waals surface area contributed by atoms with Crippen molar-refractivity contribution in [1.29, 1.82) is 0 Å². The molecule has 0 saturated carbocycles. The van der Waals surface area contributed by atoms with Crippen molar-refractivity contribution in [3.05, 3.63) is 0 Å². The molecule has 1 atom stereocenters. The number of hydrogen-bond donors (Lipinski definition) is 2. The smallest absolute Gasteiger partial charge is 0.221 e. The number of carbonyl (C=O) groups is 1. The first-order chi connectivity index (χ1) is 6.37. The molecule has 0 radical (unpaired) electrons. The topological polar surface area (TPSA) is 63.2 Å². The van der Waals surface area contributed by atoms with Gasteiger partial charge in [0.25, 0.3) is 0 Å². The van der Waals surface area contributed by atoms with E-state index in [1.165, 1.54) is 0 Å². The van der Waals surface area contributed by atoms with Crippen LogP contribution in [0.4, 0.5) is 0 Å². The number of amides is 1. The van der Waals surface area contributed by atoms with Crippen LogP contribution in [-0.2, 0) is 14.6 Å². The van der Waals surface area contributed by atoms with Gasteiger partial charge in [-0.2, -0.15) is 12.6 Å². The average Bonchev–Trinajstić information content (AvgIpc) is 2.25. The third-order valence-corrected chi connectivity index (χ3v) is 4.41. The van der Waals surface area contributed by atoms with Gasteiger partial charge in [0.05, 0.1) is 17.0 Å². The van der Waals surface area contributed by atoms with Crippen molar-refractivity contribution in [3.8, 4) is 0 Å². The summed E-state index contributed by atoms with van der Waals surface area (Å²) in [6, 6.07) is 0. The Labute approximate surface area is 89.8 Å². The fourth-order valence-corrected chi connectivity index (χ4v) is 3.91. The largest absolute Gasteiger partial charge is 0.350 e. The van der Waals surface area contributed by atoms with E-state index in [0.29, 0.717) is 18.6 Å². The summed E-state index contributed by atoms with van der Waals surface area (Å²) in [4.78, 5) is 11.3. The highest BCUT2D eigenvalue weighted by molar-refractivity contribution is 7.91. The van der Waals surface area contributed by atoms with Gasteiger partial charge in [0.2, 0.25) is 5.91 Å². The summed E-state index contributed by atoms with van der Waals surface area (Å²) < 4.78 is 22.4. The minimum absolute atomic E-state index is 0.0539. The summed E-state index contributed by atoms with van der Waals surface area (Å²) in [7, 11) is -2.95. The van der Waals surface area contributed by atoms with Gasteiger partial charge in [0.15, 0.2) is 9.84 Å². The van der Waals surface area contributed by atoms with Crippen molar-refractivity contribution < 1.29 is 13.2 Å². The highest BCUT2D eigenvalue weighted by atomic mass is 32.2. The zero-order chi connectivity index (χ0) is 10.8. The van der Waals surface area contributed by atoms with Gasteiger partial charge in [-0.05, 0) is 19.1 Å². The summed E-state index contributed by atoms with van der Waals surface area (Å²) in [5.41, 5.74) is -0.571. The number of carbonyl (C=O) groups excluding carboxylic acids is 1. The van der Waals surface area contributed by atoms with Crippen molar-refractivity contribution in [2.45, 2.75) is 25.3 Å². The fraction of sp³-hybridized carbons (Fsp3) is 0.875. The van der Waals surface area contributed by atoms with Crippen LogP contribution in [-0.4, -0.2) is 37.1 Å². The monoisotopic (exact) mass is 237 g/mol. The molecule has 0 spiro atoms. The molecule has 1 fully saturated rings. The summed E-state index contributed by atoms with van der Waals surface area (Å²) in [6.45, 7) is 1.77. The summed E-state index contributed by atoms with van der Waals surface area (Å²) in [6.07, 6.45) is 0.840. The lowest BCUT2D eigenvalue weighted by molar-refractivity contribution is -0.122. The summed E-state index contributed by atoms with van der Waals surface area (Å²) in [5, 5.41) is 2.74. The quantitative estimate of drug-likeness (QED) is 0.679. The summed E-state index contributed by atoms with van der Waals surface area (Å²) in [5.74, 6) is 0.581. The lowest BCUT2D eigenvalue weighted by Crippen LogP contribution is -2.46. The van der Waals surface area contributed by atoms with Crippen molar-refractivity contribution in [1.82, 2.24) is 5.32 Å². The third-order valence-electron chi connectivity index (χ3n) is 2.28. The van der Waals surface area contributed by atoms with Crippen LogP contribution in [0.2, 0.25) is 0 Å². The van der Waals surface area contributed by atoms with E-state index < -0.39 is 15.4 Å². The molecule has 1 saturated heterocycles. The molecule has 0 aromatic carbocycles. The van der Waals surface area contributed by atoms with Crippen LogP contribution in [0.15, 0.2) is 0 Å². The molecule has 14 heavy (non-hydrogen) atoms. The van der Waals surface area contributed by atoms with Crippen LogP contribution in [0, 0.1) is 0 Å². The van der Waals surface area contributed by atoms with Crippen LogP contribution >= 0.6 is 12.6 Å². The molecule has 1 heterocycles. The first-order valence-electron chi connectivity index (χ1n) is 4.49. The lowest BCUT2D eigenvalue weighted by atomic mass is 10.0. The molecule has 1 rings (SSSR count). The minimum atomic E-state index is -2.95. The molecule has 1 aliphatic rings. The van der Waals surface area contributed by atoms with Gasteiger partial charge >= 0.3 is 0 Å². The second-order valence-corrected chi connectivity index (χ2v) is 6.56. The van der Waals surface area contributed by atoms with Crippen molar-refractivity contribution in [2.24, 2.45) is 0 Å². The highest BCUT2D eigenvalue weighted by Gasteiger charge is 2.39. The van der Waals surface area contributed by atoms with Gasteiger partial charge in [-0.3, -0.25) is 4.79 Å². The average molecular weight is 237 g/mol. The minimum Gasteiger partial charge on any atom is -0.350 e. The van der Waals surface area contributed by atoms with Crippen molar-refractivity contribution >= 4 is 28.4 Å². The number of rotatable bonds is 3. The highest BCUT2D eigenvalue weighted by Crippen LogP contribution is 2.22. The predicted octanol–water partition coefficient (Wildman–Crippen LogP) is -0.000300. The normalized spacial score (nSPS) is 30.1. The van der Waals surface area contributed by atoms with Gasteiger partial charge in [0, 0.05) is 6.42 Å². The van der Waals surface area contributed by atoms with Crippen LogP contribution < -0.4 is 5.32 Å². The van der Waals surface area contributed by atoms with Crippen LogP contribution in [0.3, 0.4) is 0 Å². The first kappa shape index (κ1) is 11.8. The van der Waals surface area contributed by atoms with Crippen LogP contribution in [0.1, 0.15) is 19.8 Å². The second-order valence-electron chi connectivity index (χ2n) is 3.92. The van der Waals surface area contributed by atoms with E-state index in [9.17, 15) is 13.2 Å². The molecule has 4 nitrogen and oxygen atoms in total. The molecule has 1 N–H and O–H groups in total. The van der Waals surface area contributed by atoms with E-state index in [1.54, 1.807) is 6.92 Å². The molecular formula is C8H15NO3S2. The molecule has 1 unspecified atom stereocenters. The maximum absolute atomic E-state index is 11.3. The Hall–Kier alpha value is -0.230. The van der Waals surface area contributed by atoms with Gasteiger partial charge in [-0.25, -0.2) is 8.42 Å². The van der Waals surface area contributed by atoms with E-state index in [-0.39, 0.29) is 17.4 Å². The SMILES string of the molecule is CC1(NC(=O)CCS)CCS(=O)(=O)C1. The Bertz CT molecular complexity index is 325. The molecule has 0 aliphatic carbocycles. The van der Waals surface area contributed by atoms with Gasteiger partial charge in [-0.1, -0.05) is 0 Å². The lowest BCUT2D eigenvalue weighted by Gasteiger charge is -2.23. The molecule has 82 valence electrons. The predicted molar refractivity (Wildman–Crippen MR) is 58.3 cm³/mol. The van der Waals surface area contributed by atoms with Crippen molar-refractivity contribution in [3.63, 3.8) is 0 Å². The first-order valence-corrected chi connectivity index (χ1v) is 6.95. The maximum atomic E-state index is 11.3. The Kier molecular flexibility index (Phi) is 3.47. The Balaban J connectivity index is 2.57. The summed E-state index contributed by atoms with van der Waals surface area (Å²) >= 11 is 3.94. The number of nitrogens with one attached hydrogen (secondary N) is 1. The van der Waals surface area contributed by atoms with E-state index in [2.05, 4.69) is 17.9 Å². The molecule has 6 heteroatoms. The molecule has 0 bridgehead atoms. The van der Waals surface area contributed by atoms with E-state index in [4.69, 9.17) is 0 Å². The van der Waals surface area contributed by atoms with Crippen LogP contribution in [0.25, 0.3) is 0 Å². The zero-order valence-corrected chi connectivity index (χ0v) is 9.83. The molecule has 0 aromatic heterocycles. The van der Waals surface area contributed by atoms with Crippen molar-refractivity contribution in [2.75, 3.05) is 17.3 Å². The zero-order valence-electron chi connectivity index (χ0n) is 8.12. The van der Waals surface area contributed by atoms with Gasteiger partial charge in [0.1, 0.15) is 0 Å². The number of thiol groups is 1. The Morgan fingerprint density at radius 1 is 1.57 bits per heavy atom. The maximum Gasteiger partial charge on any atom is 0.221 e. The fourth-order valence-electron chi connectivity index (χ4n) is 1.61. The number of hydrogen-bond acceptors (Lipinski definition) is 4. The number of sulfone groups is 1. The van der Waals surface area contributed by atoms with E-state index in [0.717, 1.165) is 0 Å². The Morgan fingerprint density at radius 2 is 2.21 bits per heavy atom. The van der Waals surface area contributed by atoms with E-state index in [1.807, 2.05) is 0 Å². The van der Waals surface area contributed by atoms with Crippen LogP contribution in [0.5, 0.6) is 0 Å². The molecule has 0 aromatic rings. The van der Waals surface area contributed by atoms with E-state index >= 15 is 0 Å². The van der Waals surface area contributed by atoms with Gasteiger partial charge < -0.3 is 5.32 Å². The molecular weight excluding hydrogens is 222 g/mol. The third kappa shape index (κ3) is 3.16. The van der Waals surface area contributed by atoms with Gasteiger partial charge in [-0.15, -0.1) is 0 Å². The molecule has 1 amide bonds. The standard InChI is InChI=1S/C8H15NO3S2/c1-8(9-7(10)2-4-13)3-5-14(11,12)6-8/h13H,2-6H2,1H3,(H,9,10). The Morgan fingerprint density at radius 3 is 2.64 bits per heavy atom.